The van der Waals surface area contributed by atoms with E-state index < -0.39 is 0 Å². The number of hydrogen-bond acceptors (Lipinski definition) is 3. The lowest BCUT2D eigenvalue weighted by Gasteiger charge is -1.84. The molecule has 0 aliphatic rings. The van der Waals surface area contributed by atoms with Gasteiger partial charge in [-0.1, -0.05) is 6.92 Å². The van der Waals surface area contributed by atoms with Crippen molar-refractivity contribution in [1.82, 2.24) is 4.98 Å². The number of aryl methyl sites for hydroxylation is 1. The average Bonchev–Trinajstić information content (AvgIpc) is 2.32. The highest BCUT2D eigenvalue weighted by atomic mass is 79.9. The average molecular weight is 231 g/mol. The molecule has 0 amide bonds. The van der Waals surface area contributed by atoms with Gasteiger partial charge in [-0.25, -0.2) is 4.98 Å². The van der Waals surface area contributed by atoms with E-state index in [0.717, 1.165) is 21.6 Å². The summed E-state index contributed by atoms with van der Waals surface area (Å²) >= 11 is 4.83. The van der Waals surface area contributed by atoms with E-state index in [1.54, 1.807) is 11.3 Å². The molecular weight excluding hydrogens is 224 g/mol. The Balaban J connectivity index is 2.89. The first-order chi connectivity index (χ1) is 5.27. The summed E-state index contributed by atoms with van der Waals surface area (Å²) in [5.41, 5.74) is 0.512. The fourth-order valence-corrected chi connectivity index (χ4v) is 2.31. The van der Waals surface area contributed by atoms with Crippen LogP contribution in [0.25, 0.3) is 0 Å². The Bertz CT molecular complexity index is 287. The van der Waals surface area contributed by atoms with Crippen molar-refractivity contribution in [2.75, 3.05) is 0 Å². The number of hydrogen-bond donors (Lipinski definition) is 0. The monoisotopic (exact) mass is 230 g/mol. The molecule has 0 unspecified atom stereocenters. The predicted molar refractivity (Wildman–Crippen MR) is 48.5 cm³/mol. The van der Waals surface area contributed by atoms with Crippen LogP contribution >= 0.6 is 27.3 Å². The third kappa shape index (κ3) is 2.01. The number of halogens is 1. The Labute approximate surface area is 78.0 Å². The molecule has 0 bridgehead atoms. The Morgan fingerprint density at radius 2 is 2.45 bits per heavy atom. The smallest absolute Gasteiger partial charge is 0.165 e. The summed E-state index contributed by atoms with van der Waals surface area (Å²) in [7, 11) is 0. The lowest BCUT2D eigenvalue weighted by Crippen LogP contribution is -1.80. The van der Waals surface area contributed by atoms with Crippen LogP contribution in [0.15, 0.2) is 3.79 Å². The molecule has 2 nitrogen and oxygen atoms in total. The van der Waals surface area contributed by atoms with Gasteiger partial charge in [0.1, 0.15) is 9.86 Å². The summed E-state index contributed by atoms with van der Waals surface area (Å²) in [6.07, 6.45) is 2.04. The molecule has 4 heteroatoms. The highest BCUT2D eigenvalue weighted by Crippen LogP contribution is 2.24. The van der Waals surface area contributed by atoms with Crippen LogP contribution in [-0.4, -0.2) is 4.98 Å². The highest BCUT2D eigenvalue weighted by molar-refractivity contribution is 9.11. The molecule has 1 aromatic rings. The first-order valence-corrected chi connectivity index (χ1v) is 4.94. The van der Waals surface area contributed by atoms with Gasteiger partial charge in [0.05, 0.1) is 5.01 Å². The number of thiazole rings is 1. The van der Waals surface area contributed by atoms with Crippen molar-refractivity contribution in [1.29, 1.82) is 5.26 Å². The molecule has 0 saturated heterocycles. The van der Waals surface area contributed by atoms with E-state index in [9.17, 15) is 0 Å². The Morgan fingerprint density at radius 3 is 2.91 bits per heavy atom. The SMILES string of the molecule is CCCc1nc(C#N)c(Br)s1. The minimum absolute atomic E-state index is 0.512. The Morgan fingerprint density at radius 1 is 1.73 bits per heavy atom. The topological polar surface area (TPSA) is 36.7 Å². The number of nitriles is 1. The zero-order valence-corrected chi connectivity index (χ0v) is 8.50. The minimum atomic E-state index is 0.512. The third-order valence-electron chi connectivity index (χ3n) is 1.20. The van der Waals surface area contributed by atoms with E-state index in [-0.39, 0.29) is 0 Å². The van der Waals surface area contributed by atoms with Gasteiger partial charge in [0.2, 0.25) is 0 Å². The van der Waals surface area contributed by atoms with Gasteiger partial charge in [-0.05, 0) is 28.8 Å². The van der Waals surface area contributed by atoms with Crippen molar-refractivity contribution in [3.8, 4) is 6.07 Å². The molecule has 0 fully saturated rings. The number of aromatic nitrogens is 1. The van der Waals surface area contributed by atoms with Crippen LogP contribution in [0.5, 0.6) is 0 Å². The summed E-state index contributed by atoms with van der Waals surface area (Å²) in [6.45, 7) is 2.10. The van der Waals surface area contributed by atoms with Gasteiger partial charge in [-0.15, -0.1) is 11.3 Å². The quantitative estimate of drug-likeness (QED) is 0.784. The van der Waals surface area contributed by atoms with E-state index in [4.69, 9.17) is 5.26 Å². The summed E-state index contributed by atoms with van der Waals surface area (Å²) < 4.78 is 0.850. The maximum atomic E-state index is 8.56. The van der Waals surface area contributed by atoms with Crippen molar-refractivity contribution in [2.45, 2.75) is 19.8 Å². The summed E-state index contributed by atoms with van der Waals surface area (Å²) in [6, 6.07) is 2.03. The van der Waals surface area contributed by atoms with Crippen molar-refractivity contribution >= 4 is 27.3 Å². The van der Waals surface area contributed by atoms with Crippen molar-refractivity contribution in [3.63, 3.8) is 0 Å². The third-order valence-corrected chi connectivity index (χ3v) is 2.96. The standard InChI is InChI=1S/C7H7BrN2S/c1-2-3-6-10-5(4-9)7(8)11-6/h2-3H2,1H3. The van der Waals surface area contributed by atoms with Gasteiger partial charge in [0.25, 0.3) is 0 Å². The molecule has 1 aromatic heterocycles. The van der Waals surface area contributed by atoms with Crippen LogP contribution in [0.2, 0.25) is 0 Å². The molecule has 0 saturated carbocycles. The molecule has 0 aromatic carbocycles. The summed E-state index contributed by atoms with van der Waals surface area (Å²) in [5.74, 6) is 0. The van der Waals surface area contributed by atoms with Crippen LogP contribution in [0.4, 0.5) is 0 Å². The molecule has 0 N–H and O–H groups in total. The van der Waals surface area contributed by atoms with Gasteiger partial charge in [0.15, 0.2) is 5.69 Å². The molecule has 58 valence electrons. The first kappa shape index (κ1) is 8.69. The normalized spacial score (nSPS) is 9.55. The summed E-state index contributed by atoms with van der Waals surface area (Å²) in [4.78, 5) is 4.13. The second kappa shape index (κ2) is 3.84. The Hall–Kier alpha value is -0.400. The van der Waals surface area contributed by atoms with Crippen LogP contribution in [0, 0.1) is 11.3 Å². The minimum Gasteiger partial charge on any atom is -0.229 e. The predicted octanol–water partition coefficient (Wildman–Crippen LogP) is 2.73. The second-order valence-corrected chi connectivity index (χ2v) is 4.49. The zero-order valence-electron chi connectivity index (χ0n) is 6.09. The van der Waals surface area contributed by atoms with Gasteiger partial charge < -0.3 is 0 Å². The fraction of sp³-hybridized carbons (Fsp3) is 0.429. The van der Waals surface area contributed by atoms with Gasteiger partial charge in [-0.2, -0.15) is 5.26 Å². The maximum Gasteiger partial charge on any atom is 0.165 e. The second-order valence-electron chi connectivity index (χ2n) is 2.09. The van der Waals surface area contributed by atoms with E-state index in [1.807, 2.05) is 6.07 Å². The van der Waals surface area contributed by atoms with E-state index >= 15 is 0 Å². The molecule has 0 atom stereocenters. The largest absolute Gasteiger partial charge is 0.229 e. The zero-order chi connectivity index (χ0) is 8.27. The molecule has 0 aliphatic carbocycles. The number of rotatable bonds is 2. The molecule has 1 heterocycles. The Kier molecular flexibility index (Phi) is 3.03. The van der Waals surface area contributed by atoms with Crippen LogP contribution in [-0.2, 0) is 6.42 Å². The molecule has 0 spiro atoms. The van der Waals surface area contributed by atoms with Gasteiger partial charge >= 0.3 is 0 Å². The highest BCUT2D eigenvalue weighted by Gasteiger charge is 2.06. The maximum absolute atomic E-state index is 8.56. The lowest BCUT2D eigenvalue weighted by molar-refractivity contribution is 0.906. The van der Waals surface area contributed by atoms with Crippen molar-refractivity contribution < 1.29 is 0 Å². The fourth-order valence-electron chi connectivity index (χ4n) is 0.733. The van der Waals surface area contributed by atoms with Gasteiger partial charge in [0, 0.05) is 0 Å². The van der Waals surface area contributed by atoms with Crippen molar-refractivity contribution in [2.24, 2.45) is 0 Å². The van der Waals surface area contributed by atoms with E-state index in [2.05, 4.69) is 27.8 Å². The molecule has 0 aliphatic heterocycles. The molecular formula is C7H7BrN2S. The first-order valence-electron chi connectivity index (χ1n) is 3.33. The molecule has 0 radical (unpaired) electrons. The van der Waals surface area contributed by atoms with Crippen LogP contribution in [0.3, 0.4) is 0 Å². The summed E-state index contributed by atoms with van der Waals surface area (Å²) in [5, 5.41) is 9.60. The van der Waals surface area contributed by atoms with Crippen LogP contribution in [0.1, 0.15) is 24.0 Å². The van der Waals surface area contributed by atoms with E-state index in [1.165, 1.54) is 0 Å². The van der Waals surface area contributed by atoms with Gasteiger partial charge in [-0.3, -0.25) is 0 Å². The number of nitrogens with zero attached hydrogens (tertiary/aromatic N) is 2. The lowest BCUT2D eigenvalue weighted by atomic mass is 10.3. The molecule has 11 heavy (non-hydrogen) atoms. The van der Waals surface area contributed by atoms with E-state index in [0.29, 0.717) is 5.69 Å². The molecule has 1 rings (SSSR count). The van der Waals surface area contributed by atoms with Crippen molar-refractivity contribution in [3.05, 3.63) is 14.5 Å². The van der Waals surface area contributed by atoms with Crippen LogP contribution < -0.4 is 0 Å².